The average molecular weight is 789 g/mol. The normalized spacial score (nSPS) is 11.9. The molecule has 0 aliphatic rings. The van der Waals surface area contributed by atoms with Gasteiger partial charge in [-0.25, -0.2) is 9.97 Å². The van der Waals surface area contributed by atoms with E-state index in [4.69, 9.17) is 9.97 Å². The third-order valence-corrected chi connectivity index (χ3v) is 12.7. The van der Waals surface area contributed by atoms with Crippen LogP contribution < -0.4 is 0 Å². The molecule has 62 heavy (non-hydrogen) atoms. The van der Waals surface area contributed by atoms with Gasteiger partial charge in [-0.3, -0.25) is 4.57 Å². The van der Waals surface area contributed by atoms with Crippen molar-refractivity contribution in [3.63, 3.8) is 0 Å². The Morgan fingerprint density at radius 2 is 0.790 bits per heavy atom. The summed E-state index contributed by atoms with van der Waals surface area (Å²) in [6.45, 7) is 0. The first kappa shape index (κ1) is 34.5. The van der Waals surface area contributed by atoms with Crippen molar-refractivity contribution in [2.75, 3.05) is 0 Å². The van der Waals surface area contributed by atoms with Crippen molar-refractivity contribution in [2.45, 2.75) is 0 Å². The largest absolute Gasteiger partial charge is 0.309 e. The molecule has 0 aliphatic carbocycles. The van der Waals surface area contributed by atoms with Crippen molar-refractivity contribution >= 4 is 76.1 Å². The first-order chi connectivity index (χ1) is 30.8. The SMILES string of the molecule is c1ccc(-n2c3ccc(-c4ccc5c(c4)c4c(-c6cccc7ccccc67)nc(-c6cccc7ccccc67)nc4n5-c4ccccc4)cc3c3c4ccccc4ccc32)cc1. The van der Waals surface area contributed by atoms with Gasteiger partial charge in [0.2, 0.25) is 0 Å². The molecule has 13 rings (SSSR count). The van der Waals surface area contributed by atoms with Crippen LogP contribution in [0.15, 0.2) is 218 Å². The minimum Gasteiger partial charge on any atom is -0.309 e. The Kier molecular flexibility index (Phi) is 7.57. The Hall–Kier alpha value is -8.34. The molecule has 0 aliphatic heterocycles. The molecular weight excluding hydrogens is 753 g/mol. The van der Waals surface area contributed by atoms with Gasteiger partial charge < -0.3 is 4.57 Å². The third kappa shape index (κ3) is 5.20. The second-order valence-electron chi connectivity index (χ2n) is 16.1. The molecule has 0 atom stereocenters. The van der Waals surface area contributed by atoms with Gasteiger partial charge in [-0.1, -0.05) is 164 Å². The fourth-order valence-corrected chi connectivity index (χ4v) is 9.92. The summed E-state index contributed by atoms with van der Waals surface area (Å²) in [6.07, 6.45) is 0. The molecule has 0 unspecified atom stereocenters. The van der Waals surface area contributed by atoms with Gasteiger partial charge in [0, 0.05) is 38.7 Å². The van der Waals surface area contributed by atoms with Crippen LogP contribution in [0, 0.1) is 0 Å². The lowest BCUT2D eigenvalue weighted by atomic mass is 9.97. The summed E-state index contributed by atoms with van der Waals surface area (Å²) >= 11 is 0. The Balaban J connectivity index is 1.13. The summed E-state index contributed by atoms with van der Waals surface area (Å²) < 4.78 is 4.72. The molecule has 10 aromatic carbocycles. The first-order valence-electron chi connectivity index (χ1n) is 21.2. The highest BCUT2D eigenvalue weighted by Gasteiger charge is 2.24. The van der Waals surface area contributed by atoms with Crippen molar-refractivity contribution < 1.29 is 0 Å². The van der Waals surface area contributed by atoms with Crippen molar-refractivity contribution in [3.8, 4) is 45.1 Å². The summed E-state index contributed by atoms with van der Waals surface area (Å²) in [7, 11) is 0. The molecule has 13 aromatic rings. The maximum atomic E-state index is 5.61. The highest BCUT2D eigenvalue weighted by Crippen LogP contribution is 2.44. The van der Waals surface area contributed by atoms with Crippen LogP contribution in [0.5, 0.6) is 0 Å². The van der Waals surface area contributed by atoms with Crippen LogP contribution in [0.4, 0.5) is 0 Å². The maximum absolute atomic E-state index is 5.61. The molecule has 0 N–H and O–H groups in total. The summed E-state index contributed by atoms with van der Waals surface area (Å²) in [6, 6.07) is 78.5. The number of benzene rings is 10. The number of rotatable bonds is 5. The minimum atomic E-state index is 0.699. The van der Waals surface area contributed by atoms with E-state index in [0.717, 1.165) is 77.4 Å². The van der Waals surface area contributed by atoms with Crippen LogP contribution in [0.3, 0.4) is 0 Å². The van der Waals surface area contributed by atoms with Gasteiger partial charge in [-0.05, 0) is 98.0 Å². The van der Waals surface area contributed by atoms with E-state index in [-0.39, 0.29) is 0 Å². The molecule has 0 radical (unpaired) electrons. The zero-order valence-corrected chi connectivity index (χ0v) is 33.6. The predicted octanol–water partition coefficient (Wildman–Crippen LogP) is 15.1. The maximum Gasteiger partial charge on any atom is 0.162 e. The predicted molar refractivity (Wildman–Crippen MR) is 260 cm³/mol. The third-order valence-electron chi connectivity index (χ3n) is 12.7. The fraction of sp³-hybridized carbons (Fsp3) is 0. The second-order valence-corrected chi connectivity index (χ2v) is 16.1. The number of hydrogen-bond donors (Lipinski definition) is 0. The van der Waals surface area contributed by atoms with Crippen LogP contribution in [0.2, 0.25) is 0 Å². The summed E-state index contributed by atoms with van der Waals surface area (Å²) in [4.78, 5) is 11.2. The summed E-state index contributed by atoms with van der Waals surface area (Å²) in [5, 5.41) is 11.7. The highest BCUT2D eigenvalue weighted by molar-refractivity contribution is 6.22. The van der Waals surface area contributed by atoms with E-state index in [1.165, 1.54) is 38.0 Å². The standard InChI is InChI=1S/C58H36N4/c1-3-20-42(21-4-1)61-51-32-30-40(35-49(51)54-46-26-12-9-17-39(46)29-34-53(54)61)41-31-33-52-50(36-41)55-56(47-27-13-18-37-15-7-10-24-44(37)47)59-57(48-28-14-19-38-16-8-11-25-45(38)48)60-58(55)62(52)43-22-5-2-6-23-43/h1-36H. The van der Waals surface area contributed by atoms with Gasteiger partial charge in [0.1, 0.15) is 5.65 Å². The molecule has 0 amide bonds. The monoisotopic (exact) mass is 788 g/mol. The van der Waals surface area contributed by atoms with Gasteiger partial charge >= 0.3 is 0 Å². The zero-order chi connectivity index (χ0) is 40.7. The van der Waals surface area contributed by atoms with E-state index < -0.39 is 0 Å². The summed E-state index contributed by atoms with van der Waals surface area (Å²) in [5.74, 6) is 0.699. The average Bonchev–Trinajstić information content (AvgIpc) is 3.86. The molecular formula is C58H36N4. The highest BCUT2D eigenvalue weighted by atomic mass is 15.1. The quantitative estimate of drug-likeness (QED) is 0.174. The van der Waals surface area contributed by atoms with Gasteiger partial charge in [-0.2, -0.15) is 0 Å². The summed E-state index contributed by atoms with van der Waals surface area (Å²) in [5.41, 5.74) is 11.8. The van der Waals surface area contributed by atoms with E-state index in [1.807, 2.05) is 0 Å². The smallest absolute Gasteiger partial charge is 0.162 e. The fourth-order valence-electron chi connectivity index (χ4n) is 9.92. The van der Waals surface area contributed by atoms with Crippen LogP contribution in [0.25, 0.3) is 121 Å². The van der Waals surface area contributed by atoms with E-state index in [9.17, 15) is 0 Å². The lowest BCUT2D eigenvalue weighted by molar-refractivity contribution is 1.12. The van der Waals surface area contributed by atoms with Gasteiger partial charge in [0.05, 0.1) is 27.6 Å². The number of aromatic nitrogens is 4. The van der Waals surface area contributed by atoms with E-state index in [2.05, 4.69) is 228 Å². The first-order valence-corrected chi connectivity index (χ1v) is 21.2. The molecule has 0 bridgehead atoms. The Morgan fingerprint density at radius 1 is 0.306 bits per heavy atom. The number of fused-ring (bicyclic) bond motifs is 10. The zero-order valence-electron chi connectivity index (χ0n) is 33.6. The lowest BCUT2D eigenvalue weighted by Crippen LogP contribution is -2.00. The van der Waals surface area contributed by atoms with Gasteiger partial charge in [0.25, 0.3) is 0 Å². The Labute approximate surface area is 357 Å². The topological polar surface area (TPSA) is 35.6 Å². The molecule has 0 saturated carbocycles. The molecule has 288 valence electrons. The number of nitrogens with zero attached hydrogens (tertiary/aromatic N) is 4. The van der Waals surface area contributed by atoms with Gasteiger partial charge in [-0.15, -0.1) is 0 Å². The molecule has 4 heteroatoms. The van der Waals surface area contributed by atoms with E-state index in [1.54, 1.807) is 0 Å². The van der Waals surface area contributed by atoms with Crippen molar-refractivity contribution in [1.29, 1.82) is 0 Å². The Morgan fingerprint density at radius 3 is 1.45 bits per heavy atom. The Bertz CT molecular complexity index is 3910. The molecule has 0 saturated heterocycles. The van der Waals surface area contributed by atoms with Crippen LogP contribution in [-0.4, -0.2) is 19.1 Å². The van der Waals surface area contributed by atoms with E-state index in [0.29, 0.717) is 5.82 Å². The van der Waals surface area contributed by atoms with Crippen LogP contribution in [-0.2, 0) is 0 Å². The molecule has 3 heterocycles. The van der Waals surface area contributed by atoms with Gasteiger partial charge in [0.15, 0.2) is 5.82 Å². The van der Waals surface area contributed by atoms with Crippen LogP contribution in [0.1, 0.15) is 0 Å². The molecule has 4 nitrogen and oxygen atoms in total. The van der Waals surface area contributed by atoms with Crippen molar-refractivity contribution in [3.05, 3.63) is 218 Å². The number of hydrogen-bond acceptors (Lipinski definition) is 2. The second kappa shape index (κ2) is 13.6. The molecule has 0 fully saturated rings. The minimum absolute atomic E-state index is 0.699. The number of para-hydroxylation sites is 2. The lowest BCUT2D eigenvalue weighted by Gasteiger charge is -2.13. The molecule has 0 spiro atoms. The van der Waals surface area contributed by atoms with Crippen molar-refractivity contribution in [2.24, 2.45) is 0 Å². The van der Waals surface area contributed by atoms with Crippen LogP contribution >= 0.6 is 0 Å². The van der Waals surface area contributed by atoms with E-state index >= 15 is 0 Å². The van der Waals surface area contributed by atoms with Crippen molar-refractivity contribution in [1.82, 2.24) is 19.1 Å². The molecule has 3 aromatic heterocycles.